The van der Waals surface area contributed by atoms with Crippen LogP contribution in [-0.4, -0.2) is 32.7 Å². The summed E-state index contributed by atoms with van der Waals surface area (Å²) in [6.45, 7) is 0. The summed E-state index contributed by atoms with van der Waals surface area (Å²) in [6.07, 6.45) is 4.80. The van der Waals surface area contributed by atoms with Crippen LogP contribution in [0, 0.1) is 0 Å². The molecule has 0 spiro atoms. The predicted octanol–water partition coefficient (Wildman–Crippen LogP) is 1.51. The van der Waals surface area contributed by atoms with Gasteiger partial charge in [-0.15, -0.1) is 12.4 Å². The molecular formula is C14H21ClN2O3S. The Hall–Kier alpha value is -1.11. The van der Waals surface area contributed by atoms with Crippen LogP contribution in [0.25, 0.3) is 0 Å². The van der Waals surface area contributed by atoms with E-state index in [0.717, 1.165) is 31.9 Å². The molecule has 3 N–H and O–H groups in total. The van der Waals surface area contributed by atoms with Crippen molar-refractivity contribution in [3.63, 3.8) is 0 Å². The minimum Gasteiger partial charge on any atom is -0.349 e. The second-order valence-corrected chi connectivity index (χ2v) is 7.40. The maximum absolute atomic E-state index is 12.1. The molecule has 0 bridgehead atoms. The molecule has 1 aliphatic rings. The maximum Gasteiger partial charge on any atom is 0.251 e. The molecule has 0 heterocycles. The van der Waals surface area contributed by atoms with Crippen molar-refractivity contribution in [2.75, 3.05) is 6.26 Å². The lowest BCUT2D eigenvalue weighted by Crippen LogP contribution is -2.40. The van der Waals surface area contributed by atoms with Gasteiger partial charge in [-0.1, -0.05) is 0 Å². The van der Waals surface area contributed by atoms with Crippen LogP contribution in [0.1, 0.15) is 36.0 Å². The Kier molecular flexibility index (Phi) is 6.19. The van der Waals surface area contributed by atoms with E-state index in [2.05, 4.69) is 5.32 Å². The average Bonchev–Trinajstić information content (AvgIpc) is 2.40. The highest BCUT2D eigenvalue weighted by Gasteiger charge is 2.20. The van der Waals surface area contributed by atoms with Gasteiger partial charge in [-0.3, -0.25) is 4.79 Å². The summed E-state index contributed by atoms with van der Waals surface area (Å²) in [5.41, 5.74) is 6.31. The molecule has 0 saturated heterocycles. The molecule has 1 amide bonds. The molecule has 5 nitrogen and oxygen atoms in total. The quantitative estimate of drug-likeness (QED) is 0.878. The van der Waals surface area contributed by atoms with Gasteiger partial charge in [-0.2, -0.15) is 0 Å². The number of carbonyl (C=O) groups excluding carboxylic acids is 1. The van der Waals surface area contributed by atoms with Crippen LogP contribution in [0.5, 0.6) is 0 Å². The van der Waals surface area contributed by atoms with Gasteiger partial charge in [0.1, 0.15) is 0 Å². The molecular weight excluding hydrogens is 312 g/mol. The number of sulfone groups is 1. The fraction of sp³-hybridized carbons (Fsp3) is 0.500. The highest BCUT2D eigenvalue weighted by atomic mass is 35.5. The molecule has 1 fully saturated rings. The summed E-state index contributed by atoms with van der Waals surface area (Å²) in [7, 11) is -3.22. The highest BCUT2D eigenvalue weighted by molar-refractivity contribution is 7.90. The molecule has 1 aromatic rings. The third kappa shape index (κ3) is 4.98. The SMILES string of the molecule is CS(=O)(=O)c1ccc(C(=O)NC2CCC(N)CC2)cc1.Cl. The van der Waals surface area contributed by atoms with Gasteiger partial charge >= 0.3 is 0 Å². The standard InChI is InChI=1S/C14H20N2O3S.ClH/c1-20(18,19)13-8-2-10(3-9-13)14(17)16-12-6-4-11(15)5-7-12;/h2-3,8-9,11-12H,4-7,15H2,1H3,(H,16,17);1H. The van der Waals surface area contributed by atoms with E-state index in [0.29, 0.717) is 5.56 Å². The van der Waals surface area contributed by atoms with Crippen molar-refractivity contribution < 1.29 is 13.2 Å². The lowest BCUT2D eigenvalue weighted by molar-refractivity contribution is 0.0926. The summed E-state index contributed by atoms with van der Waals surface area (Å²) in [5, 5.41) is 2.97. The molecule has 7 heteroatoms. The number of benzene rings is 1. The first-order chi connectivity index (χ1) is 9.36. The molecule has 0 aliphatic heterocycles. The molecule has 0 atom stereocenters. The Morgan fingerprint density at radius 2 is 1.67 bits per heavy atom. The van der Waals surface area contributed by atoms with Crippen molar-refractivity contribution in [1.29, 1.82) is 0 Å². The number of hydrogen-bond acceptors (Lipinski definition) is 4. The van der Waals surface area contributed by atoms with Gasteiger partial charge in [-0.05, 0) is 49.9 Å². The third-order valence-electron chi connectivity index (χ3n) is 3.65. The zero-order chi connectivity index (χ0) is 14.8. The topological polar surface area (TPSA) is 89.3 Å². The summed E-state index contributed by atoms with van der Waals surface area (Å²) < 4.78 is 22.7. The van der Waals surface area contributed by atoms with E-state index in [4.69, 9.17) is 5.73 Å². The number of carbonyl (C=O) groups is 1. The molecule has 1 aliphatic carbocycles. The van der Waals surface area contributed by atoms with Crippen molar-refractivity contribution in [2.45, 2.75) is 42.7 Å². The molecule has 21 heavy (non-hydrogen) atoms. The van der Waals surface area contributed by atoms with Crippen LogP contribution in [0.4, 0.5) is 0 Å². The Balaban J connectivity index is 0.00000220. The lowest BCUT2D eigenvalue weighted by Gasteiger charge is -2.26. The van der Waals surface area contributed by atoms with Crippen LogP contribution < -0.4 is 11.1 Å². The van der Waals surface area contributed by atoms with Gasteiger partial charge in [0.25, 0.3) is 5.91 Å². The third-order valence-corrected chi connectivity index (χ3v) is 4.78. The maximum atomic E-state index is 12.1. The van der Waals surface area contributed by atoms with Crippen molar-refractivity contribution in [3.05, 3.63) is 29.8 Å². The monoisotopic (exact) mass is 332 g/mol. The summed E-state index contributed by atoms with van der Waals surface area (Å²) in [6, 6.07) is 6.41. The van der Waals surface area contributed by atoms with Gasteiger partial charge in [-0.25, -0.2) is 8.42 Å². The fourth-order valence-corrected chi connectivity index (χ4v) is 3.02. The summed E-state index contributed by atoms with van der Waals surface area (Å²) in [5.74, 6) is -0.162. The lowest BCUT2D eigenvalue weighted by atomic mass is 9.91. The fourth-order valence-electron chi connectivity index (χ4n) is 2.39. The Morgan fingerprint density at radius 3 is 2.14 bits per heavy atom. The minimum atomic E-state index is -3.22. The largest absolute Gasteiger partial charge is 0.349 e. The first kappa shape index (κ1) is 17.9. The number of nitrogens with one attached hydrogen (secondary N) is 1. The smallest absolute Gasteiger partial charge is 0.251 e. The van der Waals surface area contributed by atoms with E-state index in [1.54, 1.807) is 12.1 Å². The van der Waals surface area contributed by atoms with Crippen LogP contribution in [0.15, 0.2) is 29.2 Å². The minimum absolute atomic E-state index is 0. The Labute approximate surface area is 131 Å². The van der Waals surface area contributed by atoms with E-state index in [9.17, 15) is 13.2 Å². The van der Waals surface area contributed by atoms with E-state index in [-0.39, 0.29) is 35.3 Å². The van der Waals surface area contributed by atoms with Crippen LogP contribution >= 0.6 is 12.4 Å². The molecule has 118 valence electrons. The van der Waals surface area contributed by atoms with Crippen LogP contribution in [0.2, 0.25) is 0 Å². The number of rotatable bonds is 3. The van der Waals surface area contributed by atoms with Crippen molar-refractivity contribution in [1.82, 2.24) is 5.32 Å². The van der Waals surface area contributed by atoms with Crippen molar-refractivity contribution in [3.8, 4) is 0 Å². The van der Waals surface area contributed by atoms with Gasteiger partial charge < -0.3 is 11.1 Å². The van der Waals surface area contributed by atoms with Crippen molar-refractivity contribution in [2.24, 2.45) is 5.73 Å². The van der Waals surface area contributed by atoms with E-state index < -0.39 is 9.84 Å². The van der Waals surface area contributed by atoms with Gasteiger partial charge in [0.2, 0.25) is 0 Å². The predicted molar refractivity (Wildman–Crippen MR) is 84.5 cm³/mol. The second kappa shape index (κ2) is 7.24. The molecule has 2 rings (SSSR count). The molecule has 0 aromatic heterocycles. The number of halogens is 1. The molecule has 0 radical (unpaired) electrons. The van der Waals surface area contributed by atoms with E-state index in [1.165, 1.54) is 12.1 Å². The molecule has 1 aromatic carbocycles. The van der Waals surface area contributed by atoms with Crippen LogP contribution in [0.3, 0.4) is 0 Å². The zero-order valence-corrected chi connectivity index (χ0v) is 13.5. The van der Waals surface area contributed by atoms with Gasteiger partial charge in [0.15, 0.2) is 9.84 Å². The average molecular weight is 333 g/mol. The molecule has 1 saturated carbocycles. The highest BCUT2D eigenvalue weighted by Crippen LogP contribution is 2.17. The van der Waals surface area contributed by atoms with Crippen molar-refractivity contribution >= 4 is 28.2 Å². The first-order valence-corrected chi connectivity index (χ1v) is 8.62. The first-order valence-electron chi connectivity index (χ1n) is 6.73. The molecule has 0 unspecified atom stereocenters. The van der Waals surface area contributed by atoms with E-state index in [1.807, 2.05) is 0 Å². The van der Waals surface area contributed by atoms with E-state index >= 15 is 0 Å². The number of amides is 1. The number of nitrogens with two attached hydrogens (primary N) is 1. The normalized spacial score (nSPS) is 22.2. The van der Waals surface area contributed by atoms with Gasteiger partial charge in [0, 0.05) is 23.9 Å². The Morgan fingerprint density at radius 1 is 1.14 bits per heavy atom. The Bertz CT molecular complexity index is 579. The second-order valence-electron chi connectivity index (χ2n) is 5.38. The van der Waals surface area contributed by atoms with Crippen LogP contribution in [-0.2, 0) is 9.84 Å². The summed E-state index contributed by atoms with van der Waals surface area (Å²) >= 11 is 0. The summed E-state index contributed by atoms with van der Waals surface area (Å²) in [4.78, 5) is 12.3. The van der Waals surface area contributed by atoms with Gasteiger partial charge in [0.05, 0.1) is 4.90 Å². The number of hydrogen-bond donors (Lipinski definition) is 2. The zero-order valence-electron chi connectivity index (χ0n) is 11.9.